The standard InChI is InChI=1S/C25H29BrN2O3/c1-3-4-5-6-7-11-14-31-24-22(26)16-19(17-23(24)30-2)15-20(18-27)25(29)28-21-12-9-8-10-13-21/h8-10,12-13,15-17H,3-7,11,14H2,1-2H3,(H,28,29)/b20-15+. The van der Waals surface area contributed by atoms with Crippen molar-refractivity contribution < 1.29 is 14.3 Å². The van der Waals surface area contributed by atoms with Gasteiger partial charge in [-0.15, -0.1) is 0 Å². The minimum atomic E-state index is -0.466. The first kappa shape index (κ1) is 24.5. The molecule has 0 fully saturated rings. The maximum absolute atomic E-state index is 12.5. The molecule has 0 heterocycles. The smallest absolute Gasteiger partial charge is 0.266 e. The van der Waals surface area contributed by atoms with Crippen LogP contribution in [-0.4, -0.2) is 19.6 Å². The quantitative estimate of drug-likeness (QED) is 0.205. The van der Waals surface area contributed by atoms with E-state index in [9.17, 15) is 10.1 Å². The van der Waals surface area contributed by atoms with Gasteiger partial charge in [-0.1, -0.05) is 57.2 Å². The van der Waals surface area contributed by atoms with E-state index in [0.29, 0.717) is 33.8 Å². The van der Waals surface area contributed by atoms with Crippen molar-refractivity contribution >= 4 is 33.6 Å². The van der Waals surface area contributed by atoms with E-state index in [1.165, 1.54) is 31.8 Å². The van der Waals surface area contributed by atoms with Crippen LogP contribution in [0.15, 0.2) is 52.5 Å². The second-order valence-electron chi connectivity index (χ2n) is 7.14. The van der Waals surface area contributed by atoms with Gasteiger partial charge in [0.1, 0.15) is 11.6 Å². The summed E-state index contributed by atoms with van der Waals surface area (Å²) in [6, 6.07) is 14.6. The predicted molar refractivity (Wildman–Crippen MR) is 128 cm³/mol. The molecule has 2 aromatic rings. The third-order valence-electron chi connectivity index (χ3n) is 4.70. The maximum Gasteiger partial charge on any atom is 0.266 e. The average Bonchev–Trinajstić information content (AvgIpc) is 2.78. The van der Waals surface area contributed by atoms with E-state index in [2.05, 4.69) is 28.2 Å². The van der Waals surface area contributed by atoms with Gasteiger partial charge in [0.2, 0.25) is 0 Å². The molecule has 2 rings (SSSR count). The Morgan fingerprint density at radius 3 is 2.52 bits per heavy atom. The Balaban J connectivity index is 2.06. The number of nitrogens with zero attached hydrogens (tertiary/aromatic N) is 1. The fourth-order valence-corrected chi connectivity index (χ4v) is 3.63. The molecule has 0 aromatic heterocycles. The Hall–Kier alpha value is -2.78. The first-order valence-corrected chi connectivity index (χ1v) is 11.4. The van der Waals surface area contributed by atoms with Gasteiger partial charge in [0, 0.05) is 5.69 Å². The second kappa shape index (κ2) is 13.5. The Bertz CT molecular complexity index is 920. The summed E-state index contributed by atoms with van der Waals surface area (Å²) in [5.74, 6) is 0.708. The summed E-state index contributed by atoms with van der Waals surface area (Å²) >= 11 is 3.53. The van der Waals surface area contributed by atoms with Crippen LogP contribution in [0.1, 0.15) is 51.0 Å². The van der Waals surface area contributed by atoms with E-state index >= 15 is 0 Å². The van der Waals surface area contributed by atoms with Crippen molar-refractivity contribution in [2.24, 2.45) is 0 Å². The molecule has 164 valence electrons. The highest BCUT2D eigenvalue weighted by Gasteiger charge is 2.14. The van der Waals surface area contributed by atoms with Gasteiger partial charge in [-0.2, -0.15) is 5.26 Å². The molecular weight excluding hydrogens is 456 g/mol. The molecule has 0 saturated carbocycles. The molecule has 0 radical (unpaired) electrons. The van der Waals surface area contributed by atoms with Gasteiger partial charge in [-0.3, -0.25) is 4.79 Å². The van der Waals surface area contributed by atoms with Crippen LogP contribution in [0.3, 0.4) is 0 Å². The summed E-state index contributed by atoms with van der Waals surface area (Å²) in [6.07, 6.45) is 8.67. The third-order valence-corrected chi connectivity index (χ3v) is 5.29. The van der Waals surface area contributed by atoms with Crippen LogP contribution in [0.5, 0.6) is 11.5 Å². The second-order valence-corrected chi connectivity index (χ2v) is 7.99. The summed E-state index contributed by atoms with van der Waals surface area (Å²) in [5, 5.41) is 12.2. The molecule has 0 atom stereocenters. The lowest BCUT2D eigenvalue weighted by molar-refractivity contribution is -0.112. The number of carbonyl (C=O) groups is 1. The van der Waals surface area contributed by atoms with Gasteiger partial charge in [-0.05, 0) is 58.3 Å². The molecule has 6 heteroatoms. The van der Waals surface area contributed by atoms with Gasteiger partial charge < -0.3 is 14.8 Å². The molecule has 0 unspecified atom stereocenters. The lowest BCUT2D eigenvalue weighted by Crippen LogP contribution is -2.13. The number of benzene rings is 2. The Kier molecular flexibility index (Phi) is 10.7. The first-order chi connectivity index (χ1) is 15.1. The molecule has 0 spiro atoms. The van der Waals surface area contributed by atoms with Crippen LogP contribution < -0.4 is 14.8 Å². The SMILES string of the molecule is CCCCCCCCOc1c(Br)cc(/C=C(\C#N)C(=O)Nc2ccccc2)cc1OC. The summed E-state index contributed by atoms with van der Waals surface area (Å²) in [7, 11) is 1.57. The molecule has 1 amide bonds. The highest BCUT2D eigenvalue weighted by molar-refractivity contribution is 9.10. The van der Waals surface area contributed by atoms with Crippen molar-refractivity contribution in [3.05, 3.63) is 58.1 Å². The van der Waals surface area contributed by atoms with E-state index in [1.54, 1.807) is 25.3 Å². The summed E-state index contributed by atoms with van der Waals surface area (Å²) in [4.78, 5) is 12.5. The summed E-state index contributed by atoms with van der Waals surface area (Å²) < 4.78 is 12.1. The van der Waals surface area contributed by atoms with Crippen LogP contribution in [0, 0.1) is 11.3 Å². The lowest BCUT2D eigenvalue weighted by Gasteiger charge is -2.14. The van der Waals surface area contributed by atoms with E-state index in [-0.39, 0.29) is 5.57 Å². The fraction of sp³-hybridized carbons (Fsp3) is 0.360. The van der Waals surface area contributed by atoms with Crippen molar-refractivity contribution in [2.75, 3.05) is 19.0 Å². The molecule has 0 aliphatic rings. The minimum absolute atomic E-state index is 0.00134. The zero-order chi connectivity index (χ0) is 22.5. The van der Waals surface area contributed by atoms with Crippen LogP contribution >= 0.6 is 15.9 Å². The van der Waals surface area contributed by atoms with Crippen molar-refractivity contribution in [1.29, 1.82) is 5.26 Å². The number of carbonyl (C=O) groups excluding carboxylic acids is 1. The minimum Gasteiger partial charge on any atom is -0.493 e. The number of para-hydroxylation sites is 1. The molecule has 2 aromatic carbocycles. The number of unbranched alkanes of at least 4 members (excludes halogenated alkanes) is 5. The number of hydrogen-bond acceptors (Lipinski definition) is 4. The van der Waals surface area contributed by atoms with Crippen molar-refractivity contribution in [3.8, 4) is 17.6 Å². The fourth-order valence-electron chi connectivity index (χ4n) is 3.05. The lowest BCUT2D eigenvalue weighted by atomic mass is 10.1. The number of nitriles is 1. The first-order valence-electron chi connectivity index (χ1n) is 10.6. The number of methoxy groups -OCH3 is 1. The van der Waals surface area contributed by atoms with Gasteiger partial charge in [-0.25, -0.2) is 0 Å². The maximum atomic E-state index is 12.5. The third kappa shape index (κ3) is 8.10. The zero-order valence-corrected chi connectivity index (χ0v) is 19.7. The number of nitrogens with one attached hydrogen (secondary N) is 1. The molecule has 0 aliphatic heterocycles. The normalized spacial score (nSPS) is 11.0. The van der Waals surface area contributed by atoms with Crippen LogP contribution in [0.2, 0.25) is 0 Å². The Labute approximate surface area is 193 Å². The number of amides is 1. The molecule has 0 saturated heterocycles. The Morgan fingerprint density at radius 2 is 1.84 bits per heavy atom. The van der Waals surface area contributed by atoms with Gasteiger partial charge in [0.25, 0.3) is 5.91 Å². The molecule has 1 N–H and O–H groups in total. The van der Waals surface area contributed by atoms with Gasteiger partial charge >= 0.3 is 0 Å². The van der Waals surface area contributed by atoms with Crippen molar-refractivity contribution in [3.63, 3.8) is 0 Å². The number of hydrogen-bond donors (Lipinski definition) is 1. The van der Waals surface area contributed by atoms with E-state index in [0.717, 1.165) is 12.8 Å². The van der Waals surface area contributed by atoms with Crippen LogP contribution in [0.4, 0.5) is 5.69 Å². The summed E-state index contributed by atoms with van der Waals surface area (Å²) in [6.45, 7) is 2.82. The highest BCUT2D eigenvalue weighted by Crippen LogP contribution is 2.37. The number of halogens is 1. The molecular formula is C25H29BrN2O3. The number of anilines is 1. The number of ether oxygens (including phenoxy) is 2. The van der Waals surface area contributed by atoms with Crippen LogP contribution in [-0.2, 0) is 4.79 Å². The molecule has 0 bridgehead atoms. The van der Waals surface area contributed by atoms with E-state index in [1.807, 2.05) is 30.3 Å². The number of rotatable bonds is 12. The predicted octanol–water partition coefficient (Wildman–Crippen LogP) is 6.74. The largest absolute Gasteiger partial charge is 0.493 e. The van der Waals surface area contributed by atoms with Gasteiger partial charge in [0.15, 0.2) is 11.5 Å². The molecule has 5 nitrogen and oxygen atoms in total. The van der Waals surface area contributed by atoms with E-state index < -0.39 is 5.91 Å². The topological polar surface area (TPSA) is 71.3 Å². The van der Waals surface area contributed by atoms with Crippen LogP contribution in [0.25, 0.3) is 6.08 Å². The van der Waals surface area contributed by atoms with Crippen molar-refractivity contribution in [2.45, 2.75) is 45.4 Å². The zero-order valence-electron chi connectivity index (χ0n) is 18.1. The Morgan fingerprint density at radius 1 is 1.13 bits per heavy atom. The van der Waals surface area contributed by atoms with E-state index in [4.69, 9.17) is 9.47 Å². The van der Waals surface area contributed by atoms with Crippen molar-refractivity contribution in [1.82, 2.24) is 0 Å². The monoisotopic (exact) mass is 484 g/mol. The summed E-state index contributed by atoms with van der Waals surface area (Å²) in [5.41, 5.74) is 1.29. The highest BCUT2D eigenvalue weighted by atomic mass is 79.9. The van der Waals surface area contributed by atoms with Gasteiger partial charge in [0.05, 0.1) is 18.2 Å². The molecule has 0 aliphatic carbocycles. The average molecular weight is 485 g/mol. The molecule has 31 heavy (non-hydrogen) atoms.